The minimum absolute atomic E-state index is 0.118. The zero-order valence-electron chi connectivity index (χ0n) is 20.2. The van der Waals surface area contributed by atoms with E-state index < -0.39 is 11.6 Å². The summed E-state index contributed by atoms with van der Waals surface area (Å²) >= 11 is 13.9. The Balaban J connectivity index is 2.23. The van der Waals surface area contributed by atoms with Crippen molar-refractivity contribution in [2.24, 2.45) is 5.73 Å². The Bertz CT molecular complexity index is 1140. The molecule has 3 rings (SSSR count). The van der Waals surface area contributed by atoms with Crippen LogP contribution in [0.3, 0.4) is 0 Å². The molecule has 1 unspecified atom stereocenters. The fourth-order valence-corrected chi connectivity index (χ4v) is 5.61. The molecule has 0 radical (unpaired) electrons. The van der Waals surface area contributed by atoms with Gasteiger partial charge in [0.15, 0.2) is 0 Å². The van der Waals surface area contributed by atoms with Gasteiger partial charge in [0.2, 0.25) is 5.91 Å². The van der Waals surface area contributed by atoms with Crippen molar-refractivity contribution in [2.75, 3.05) is 25.0 Å². The molecule has 0 bridgehead atoms. The number of hydrogen-bond acceptors (Lipinski definition) is 4. The molecule has 1 aliphatic rings. The largest absolute Gasteiger partial charge is 0.351 e. The SMILES string of the molecule is CCC1(C)C(=O)N(C)CCN1C(=O)c1cc(C(C)(C)C)sc1N(C(N)=O)c1cccc(Cl)c1Cl. The first-order chi connectivity index (χ1) is 15.7. The van der Waals surface area contributed by atoms with Crippen LogP contribution >= 0.6 is 34.5 Å². The highest BCUT2D eigenvalue weighted by molar-refractivity contribution is 7.17. The van der Waals surface area contributed by atoms with Gasteiger partial charge in [0.25, 0.3) is 5.91 Å². The maximum atomic E-state index is 14.0. The smallest absolute Gasteiger partial charge is 0.324 e. The van der Waals surface area contributed by atoms with Crippen LogP contribution in [0.2, 0.25) is 10.0 Å². The topological polar surface area (TPSA) is 87.0 Å². The molecule has 34 heavy (non-hydrogen) atoms. The van der Waals surface area contributed by atoms with Crippen molar-refractivity contribution in [3.8, 4) is 0 Å². The number of primary amides is 1. The van der Waals surface area contributed by atoms with Crippen molar-refractivity contribution in [3.05, 3.63) is 44.8 Å². The maximum absolute atomic E-state index is 14.0. The Hall–Kier alpha value is -2.29. The van der Waals surface area contributed by atoms with E-state index in [1.165, 1.54) is 16.2 Å². The summed E-state index contributed by atoms with van der Waals surface area (Å²) in [6.07, 6.45) is 0.452. The van der Waals surface area contributed by atoms with Crippen molar-refractivity contribution < 1.29 is 14.4 Å². The predicted molar refractivity (Wildman–Crippen MR) is 139 cm³/mol. The molecule has 1 aliphatic heterocycles. The molecule has 1 fully saturated rings. The summed E-state index contributed by atoms with van der Waals surface area (Å²) in [6, 6.07) is 5.88. The zero-order chi connectivity index (χ0) is 25.6. The third kappa shape index (κ3) is 4.51. The van der Waals surface area contributed by atoms with E-state index in [0.29, 0.717) is 30.1 Å². The number of likely N-dealkylation sites (N-methyl/N-ethyl adjacent to an activating group) is 1. The number of carbonyl (C=O) groups excluding carboxylic acids is 3. The third-order valence-electron chi connectivity index (χ3n) is 6.27. The second-order valence-corrected chi connectivity index (χ2v) is 11.5. The number of nitrogens with two attached hydrogens (primary N) is 1. The van der Waals surface area contributed by atoms with E-state index in [2.05, 4.69) is 0 Å². The number of hydrogen-bond donors (Lipinski definition) is 1. The van der Waals surface area contributed by atoms with E-state index in [1.807, 2.05) is 27.7 Å². The average Bonchev–Trinajstić information content (AvgIpc) is 3.20. The van der Waals surface area contributed by atoms with Crippen LogP contribution in [0.4, 0.5) is 15.5 Å². The maximum Gasteiger partial charge on any atom is 0.324 e. The first-order valence-electron chi connectivity index (χ1n) is 11.0. The van der Waals surface area contributed by atoms with Crippen LogP contribution in [0.5, 0.6) is 0 Å². The molecule has 0 spiro atoms. The number of benzene rings is 1. The monoisotopic (exact) mass is 524 g/mol. The molecule has 10 heteroatoms. The van der Waals surface area contributed by atoms with Crippen molar-refractivity contribution in [1.82, 2.24) is 9.80 Å². The number of piperazine rings is 1. The number of carbonyl (C=O) groups is 3. The lowest BCUT2D eigenvalue weighted by atomic mass is 9.90. The summed E-state index contributed by atoms with van der Waals surface area (Å²) in [5.74, 6) is -0.455. The number of halogens is 2. The van der Waals surface area contributed by atoms with Crippen molar-refractivity contribution in [2.45, 2.75) is 52.0 Å². The normalized spacial score (nSPS) is 18.9. The van der Waals surface area contributed by atoms with Crippen molar-refractivity contribution >= 4 is 63.1 Å². The molecule has 1 saturated heterocycles. The quantitative estimate of drug-likeness (QED) is 0.560. The lowest BCUT2D eigenvalue weighted by Gasteiger charge is -2.46. The van der Waals surface area contributed by atoms with Gasteiger partial charge in [-0.05, 0) is 37.0 Å². The number of rotatable bonds is 4. The van der Waals surface area contributed by atoms with Gasteiger partial charge < -0.3 is 15.5 Å². The zero-order valence-corrected chi connectivity index (χ0v) is 22.6. The van der Waals surface area contributed by atoms with Gasteiger partial charge in [0, 0.05) is 25.0 Å². The minimum atomic E-state index is -1.00. The fraction of sp³-hybridized carbons (Fsp3) is 0.458. The Morgan fingerprint density at radius 2 is 1.88 bits per heavy atom. The molecular weight excluding hydrogens is 495 g/mol. The summed E-state index contributed by atoms with van der Waals surface area (Å²) in [6.45, 7) is 10.5. The molecule has 2 N–H and O–H groups in total. The average molecular weight is 526 g/mol. The number of thiophene rings is 1. The third-order valence-corrected chi connectivity index (χ3v) is 8.63. The summed E-state index contributed by atoms with van der Waals surface area (Å²) in [7, 11) is 1.74. The van der Waals surface area contributed by atoms with Gasteiger partial charge in [-0.2, -0.15) is 0 Å². The lowest BCUT2D eigenvalue weighted by molar-refractivity contribution is -0.146. The standard InChI is InChI=1S/C24H30Cl2N4O3S/c1-7-24(5)21(32)28(6)11-12-29(24)19(31)14-13-17(23(2,3)4)34-20(14)30(22(27)33)16-10-8-9-15(25)18(16)26/h8-10,13H,7,11-12H2,1-6H3,(H2,27,33). The lowest BCUT2D eigenvalue weighted by Crippen LogP contribution is -2.64. The van der Waals surface area contributed by atoms with Crippen molar-refractivity contribution in [3.63, 3.8) is 0 Å². The molecule has 4 amide bonds. The van der Waals surface area contributed by atoms with Crippen molar-refractivity contribution in [1.29, 1.82) is 0 Å². The summed E-state index contributed by atoms with van der Waals surface area (Å²) in [5, 5.41) is 0.755. The molecule has 1 atom stereocenters. The van der Waals surface area contributed by atoms with Gasteiger partial charge in [0.1, 0.15) is 10.5 Å². The van der Waals surface area contributed by atoms with Crippen LogP contribution in [0.15, 0.2) is 24.3 Å². The first-order valence-corrected chi connectivity index (χ1v) is 12.6. The van der Waals surface area contributed by atoms with E-state index in [9.17, 15) is 14.4 Å². The van der Waals surface area contributed by atoms with E-state index in [-0.39, 0.29) is 33.0 Å². The van der Waals surface area contributed by atoms with Gasteiger partial charge in [-0.15, -0.1) is 11.3 Å². The number of anilines is 2. The fourth-order valence-electron chi connectivity index (χ4n) is 4.00. The molecule has 1 aromatic carbocycles. The number of nitrogens with zero attached hydrogens (tertiary/aromatic N) is 3. The molecule has 2 heterocycles. The summed E-state index contributed by atoms with van der Waals surface area (Å²) in [5.41, 5.74) is 5.08. The van der Waals surface area contributed by atoms with Crippen LogP contribution in [0.1, 0.15) is 56.3 Å². The summed E-state index contributed by atoms with van der Waals surface area (Å²) in [4.78, 5) is 45.1. The van der Waals surface area contributed by atoms with Crippen LogP contribution < -0.4 is 10.6 Å². The number of amides is 4. The second kappa shape index (κ2) is 9.40. The predicted octanol–water partition coefficient (Wildman–Crippen LogP) is 5.65. The van der Waals surface area contributed by atoms with E-state index in [0.717, 1.165) is 4.88 Å². The van der Waals surface area contributed by atoms with Gasteiger partial charge in [-0.3, -0.25) is 14.5 Å². The van der Waals surface area contributed by atoms with Gasteiger partial charge >= 0.3 is 6.03 Å². The van der Waals surface area contributed by atoms with E-state index >= 15 is 0 Å². The van der Waals surface area contributed by atoms with Crippen LogP contribution in [0.25, 0.3) is 0 Å². The number of urea groups is 1. The van der Waals surface area contributed by atoms with E-state index in [4.69, 9.17) is 28.9 Å². The Kier molecular flexibility index (Phi) is 7.27. The van der Waals surface area contributed by atoms with E-state index in [1.54, 1.807) is 48.0 Å². The highest BCUT2D eigenvalue weighted by atomic mass is 35.5. The van der Waals surface area contributed by atoms with Crippen LogP contribution in [-0.4, -0.2) is 53.3 Å². The van der Waals surface area contributed by atoms with Crippen LogP contribution in [0, 0.1) is 0 Å². The highest BCUT2D eigenvalue weighted by Gasteiger charge is 2.46. The Morgan fingerprint density at radius 3 is 2.44 bits per heavy atom. The van der Waals surface area contributed by atoms with Gasteiger partial charge in [-0.1, -0.05) is 57.0 Å². The molecule has 184 valence electrons. The minimum Gasteiger partial charge on any atom is -0.351 e. The molecular formula is C24H30Cl2N4O3S. The van der Waals surface area contributed by atoms with Gasteiger partial charge in [-0.25, -0.2) is 4.79 Å². The molecule has 0 aliphatic carbocycles. The second-order valence-electron chi connectivity index (χ2n) is 9.64. The highest BCUT2D eigenvalue weighted by Crippen LogP contribution is 2.45. The molecule has 2 aromatic rings. The molecule has 7 nitrogen and oxygen atoms in total. The Labute approximate surface area is 214 Å². The van der Waals surface area contributed by atoms with Crippen LogP contribution in [-0.2, 0) is 10.2 Å². The first kappa shape index (κ1) is 26.3. The molecule has 0 saturated carbocycles. The molecule has 1 aromatic heterocycles. The Morgan fingerprint density at radius 1 is 1.24 bits per heavy atom. The summed E-state index contributed by atoms with van der Waals surface area (Å²) < 4.78 is 0. The van der Waals surface area contributed by atoms with Gasteiger partial charge in [0.05, 0.1) is 21.3 Å².